The van der Waals surface area contributed by atoms with Crippen LogP contribution in [-0.2, 0) is 0 Å². The van der Waals surface area contributed by atoms with E-state index < -0.39 is 0 Å². The van der Waals surface area contributed by atoms with Gasteiger partial charge in [0.15, 0.2) is 0 Å². The number of fused-ring (bicyclic) bond motifs is 5. The highest BCUT2D eigenvalue weighted by Crippen LogP contribution is 2.66. The molecule has 4 aliphatic rings. The van der Waals surface area contributed by atoms with E-state index in [1.165, 1.54) is 57.8 Å². The van der Waals surface area contributed by atoms with E-state index in [0.717, 1.165) is 36.5 Å². The summed E-state index contributed by atoms with van der Waals surface area (Å²) in [5, 5.41) is 10.1. The molecule has 3 fully saturated rings. The number of allylic oxidation sites excluding steroid dienone is 2. The molecule has 0 aromatic heterocycles. The van der Waals surface area contributed by atoms with Gasteiger partial charge in [-0.3, -0.25) is 0 Å². The molecule has 0 aromatic carbocycles. The monoisotopic (exact) mass is 342 g/mol. The Hall–Kier alpha value is -0.560. The maximum atomic E-state index is 10.1. The van der Waals surface area contributed by atoms with Crippen molar-refractivity contribution >= 4 is 0 Å². The number of unbranched alkanes of at least 4 members (excludes halogenated alkanes) is 1. The topological polar surface area (TPSA) is 20.2 Å². The maximum absolute atomic E-state index is 10.1. The van der Waals surface area contributed by atoms with Crippen LogP contribution in [0, 0.1) is 34.5 Å². The van der Waals surface area contributed by atoms with E-state index in [9.17, 15) is 5.11 Å². The quantitative estimate of drug-likeness (QED) is 0.470. The minimum Gasteiger partial charge on any atom is -0.393 e. The second-order valence-electron chi connectivity index (χ2n) is 10.2. The highest BCUT2D eigenvalue weighted by Gasteiger charge is 2.58. The molecule has 0 aromatic rings. The molecule has 3 saturated carbocycles. The van der Waals surface area contributed by atoms with E-state index >= 15 is 0 Å². The number of hydrogen-bond acceptors (Lipinski definition) is 1. The summed E-state index contributed by atoms with van der Waals surface area (Å²) < 4.78 is 0. The van der Waals surface area contributed by atoms with Gasteiger partial charge in [0.25, 0.3) is 0 Å². The molecule has 0 bridgehead atoms. The number of rotatable bonds is 4. The van der Waals surface area contributed by atoms with Crippen LogP contribution in [0.5, 0.6) is 0 Å². The number of hydrogen-bond donors (Lipinski definition) is 1. The van der Waals surface area contributed by atoms with Crippen LogP contribution in [0.4, 0.5) is 0 Å². The van der Waals surface area contributed by atoms with Crippen LogP contribution in [0.25, 0.3) is 0 Å². The van der Waals surface area contributed by atoms with Crippen molar-refractivity contribution in [2.24, 2.45) is 34.5 Å². The molecule has 0 radical (unpaired) electrons. The molecule has 0 saturated heterocycles. The van der Waals surface area contributed by atoms with Crippen LogP contribution in [0.2, 0.25) is 0 Å². The van der Waals surface area contributed by atoms with Gasteiger partial charge in [-0.25, -0.2) is 0 Å². The maximum Gasteiger partial charge on any atom is 0.0577 e. The fourth-order valence-corrected chi connectivity index (χ4v) is 7.73. The largest absolute Gasteiger partial charge is 0.393 e. The van der Waals surface area contributed by atoms with E-state index in [0.29, 0.717) is 10.8 Å². The third-order valence-electron chi connectivity index (χ3n) is 9.24. The lowest BCUT2D eigenvalue weighted by molar-refractivity contribution is -0.0507. The van der Waals surface area contributed by atoms with Crippen molar-refractivity contribution in [2.75, 3.05) is 0 Å². The molecule has 1 heteroatoms. The number of aliphatic hydroxyl groups is 1. The van der Waals surface area contributed by atoms with E-state index in [1.807, 2.05) is 0 Å². The first-order valence-corrected chi connectivity index (χ1v) is 11.0. The normalized spacial score (nSPS) is 48.9. The fraction of sp³-hybridized carbons (Fsp3) is 0.833. The van der Waals surface area contributed by atoms with Crippen LogP contribution in [0.3, 0.4) is 0 Å². The van der Waals surface area contributed by atoms with Gasteiger partial charge in [0.05, 0.1) is 6.10 Å². The Kier molecular flexibility index (Phi) is 4.67. The van der Waals surface area contributed by atoms with Crippen molar-refractivity contribution in [3.63, 3.8) is 0 Å². The average Bonchev–Trinajstić information content (AvgIpc) is 2.92. The summed E-state index contributed by atoms with van der Waals surface area (Å²) in [6.07, 6.45) is 18.8. The van der Waals surface area contributed by atoms with Crippen molar-refractivity contribution in [2.45, 2.75) is 90.6 Å². The minimum atomic E-state index is -0.0783. The first-order valence-electron chi connectivity index (χ1n) is 11.0. The lowest BCUT2D eigenvalue weighted by Crippen LogP contribution is -2.50. The lowest BCUT2D eigenvalue weighted by Gasteiger charge is -2.58. The molecule has 7 atom stereocenters. The first kappa shape index (κ1) is 17.8. The summed E-state index contributed by atoms with van der Waals surface area (Å²) >= 11 is 0. The van der Waals surface area contributed by atoms with E-state index in [2.05, 4.69) is 32.6 Å². The van der Waals surface area contributed by atoms with Gasteiger partial charge in [0.2, 0.25) is 0 Å². The molecule has 0 amide bonds. The molecule has 0 aliphatic heterocycles. The predicted molar refractivity (Wildman–Crippen MR) is 105 cm³/mol. The Labute approximate surface area is 155 Å². The minimum absolute atomic E-state index is 0.0783. The smallest absolute Gasteiger partial charge is 0.0577 e. The summed E-state index contributed by atoms with van der Waals surface area (Å²) in [6.45, 7) is 9.09. The van der Waals surface area contributed by atoms with Crippen molar-refractivity contribution in [1.82, 2.24) is 0 Å². The molecule has 7 unspecified atom stereocenters. The van der Waals surface area contributed by atoms with Gasteiger partial charge < -0.3 is 5.11 Å². The summed E-state index contributed by atoms with van der Waals surface area (Å²) in [4.78, 5) is 0. The summed E-state index contributed by atoms with van der Waals surface area (Å²) in [5.74, 6) is 3.68. The van der Waals surface area contributed by atoms with Gasteiger partial charge in [-0.1, -0.05) is 31.6 Å². The summed E-state index contributed by atoms with van der Waals surface area (Å²) in [5.41, 5.74) is 2.60. The van der Waals surface area contributed by atoms with Crippen molar-refractivity contribution in [1.29, 1.82) is 0 Å². The number of aliphatic hydroxyl groups excluding tert-OH is 1. The zero-order valence-electron chi connectivity index (χ0n) is 16.5. The van der Waals surface area contributed by atoms with Crippen molar-refractivity contribution in [3.05, 3.63) is 24.3 Å². The molecule has 4 rings (SSSR count). The molecule has 0 spiro atoms. The van der Waals surface area contributed by atoms with Crippen LogP contribution in [0.1, 0.15) is 84.5 Å². The molecule has 1 N–H and O–H groups in total. The Morgan fingerprint density at radius 3 is 2.80 bits per heavy atom. The van der Waals surface area contributed by atoms with E-state index in [-0.39, 0.29) is 6.10 Å². The van der Waals surface area contributed by atoms with E-state index in [4.69, 9.17) is 0 Å². The summed E-state index contributed by atoms with van der Waals surface area (Å²) in [6, 6.07) is 0. The second kappa shape index (κ2) is 6.55. The van der Waals surface area contributed by atoms with Crippen molar-refractivity contribution in [3.8, 4) is 0 Å². The van der Waals surface area contributed by atoms with Crippen LogP contribution in [0.15, 0.2) is 24.3 Å². The molecule has 140 valence electrons. The van der Waals surface area contributed by atoms with Gasteiger partial charge in [-0.05, 0) is 105 Å². The van der Waals surface area contributed by atoms with Gasteiger partial charge >= 0.3 is 0 Å². The molecule has 4 aliphatic carbocycles. The third-order valence-corrected chi connectivity index (χ3v) is 9.24. The molecular formula is C24H38O. The molecule has 25 heavy (non-hydrogen) atoms. The second-order valence-corrected chi connectivity index (χ2v) is 10.2. The zero-order chi connectivity index (χ0) is 17.7. The van der Waals surface area contributed by atoms with Crippen LogP contribution < -0.4 is 0 Å². The average molecular weight is 343 g/mol. The highest BCUT2D eigenvalue weighted by molar-refractivity contribution is 5.25. The van der Waals surface area contributed by atoms with Gasteiger partial charge in [-0.2, -0.15) is 0 Å². The highest BCUT2D eigenvalue weighted by atomic mass is 16.3. The van der Waals surface area contributed by atoms with Crippen molar-refractivity contribution < 1.29 is 5.11 Å². The lowest BCUT2D eigenvalue weighted by atomic mass is 9.47. The molecular weight excluding hydrogens is 304 g/mol. The van der Waals surface area contributed by atoms with Crippen LogP contribution >= 0.6 is 0 Å². The van der Waals surface area contributed by atoms with Gasteiger partial charge in [-0.15, -0.1) is 6.58 Å². The first-order chi connectivity index (χ1) is 12.0. The standard InChI is InChI=1S/C24H38O/c1-4-5-6-7-17-9-11-21-20-10-8-18-16-19(25)12-14-24(18,3)22(20)13-15-23(17,21)2/h4,8,17,19-22,25H,1,5-7,9-16H2,2-3H3. The third kappa shape index (κ3) is 2.76. The van der Waals surface area contributed by atoms with Gasteiger partial charge in [0, 0.05) is 0 Å². The van der Waals surface area contributed by atoms with Gasteiger partial charge in [0.1, 0.15) is 0 Å². The Balaban J connectivity index is 1.54. The Morgan fingerprint density at radius 1 is 1.16 bits per heavy atom. The Morgan fingerprint density at radius 2 is 2.00 bits per heavy atom. The summed E-state index contributed by atoms with van der Waals surface area (Å²) in [7, 11) is 0. The fourth-order valence-electron chi connectivity index (χ4n) is 7.73. The Bertz CT molecular complexity index is 548. The predicted octanol–water partition coefficient (Wildman–Crippen LogP) is 6.28. The molecule has 1 nitrogen and oxygen atoms in total. The van der Waals surface area contributed by atoms with E-state index in [1.54, 1.807) is 5.57 Å². The van der Waals surface area contributed by atoms with Crippen LogP contribution in [-0.4, -0.2) is 11.2 Å². The SMILES string of the molecule is C=CCCCC1CCC2C3CC=C4CC(O)CCC4(C)C3CCC12C. The molecule has 0 heterocycles. The zero-order valence-corrected chi connectivity index (χ0v) is 16.5.